The van der Waals surface area contributed by atoms with Gasteiger partial charge in [-0.05, 0) is 60.3 Å². The molecule has 5 heteroatoms. The van der Waals surface area contributed by atoms with E-state index in [1.165, 1.54) is 30.7 Å². The molecule has 3 rings (SSSR count). The summed E-state index contributed by atoms with van der Waals surface area (Å²) in [6, 6.07) is 3.48. The molecule has 1 aliphatic carbocycles. The van der Waals surface area contributed by atoms with Gasteiger partial charge in [-0.15, -0.1) is 11.3 Å². The number of likely N-dealkylation sites (tertiary alicyclic amines) is 1. The largest absolute Gasteiger partial charge is 0.330 e. The third kappa shape index (κ3) is 2.30. The molecule has 0 aromatic carbocycles. The summed E-state index contributed by atoms with van der Waals surface area (Å²) in [7, 11) is 0. The van der Waals surface area contributed by atoms with Gasteiger partial charge in [0.1, 0.15) is 4.34 Å². The Hall–Kier alpha value is 0.390. The molecular weight excluding hydrogens is 320 g/mol. The standard InChI is InChI=1S/C12H16BrClN2S/c13-9-5-10(17-12(9)14)11-7(6-15)3-4-16(11)8-1-2-8/h5,7-8,11H,1-4,6,15H2. The Morgan fingerprint density at radius 1 is 1.47 bits per heavy atom. The number of nitrogens with zero attached hydrogens (tertiary/aromatic N) is 1. The molecule has 2 atom stereocenters. The fourth-order valence-corrected chi connectivity index (χ4v) is 4.80. The molecule has 0 spiro atoms. The van der Waals surface area contributed by atoms with Crippen LogP contribution >= 0.6 is 38.9 Å². The highest BCUT2D eigenvalue weighted by Crippen LogP contribution is 2.47. The molecule has 1 aromatic rings. The van der Waals surface area contributed by atoms with Gasteiger partial charge >= 0.3 is 0 Å². The Balaban J connectivity index is 1.90. The fraction of sp³-hybridized carbons (Fsp3) is 0.667. The van der Waals surface area contributed by atoms with Crippen molar-refractivity contribution in [2.75, 3.05) is 13.1 Å². The molecule has 1 saturated carbocycles. The van der Waals surface area contributed by atoms with E-state index in [2.05, 4.69) is 26.9 Å². The van der Waals surface area contributed by atoms with Crippen molar-refractivity contribution in [3.63, 3.8) is 0 Å². The Kier molecular flexibility index (Phi) is 3.52. The molecule has 2 aliphatic rings. The minimum Gasteiger partial charge on any atom is -0.330 e. The molecule has 2 N–H and O–H groups in total. The van der Waals surface area contributed by atoms with Gasteiger partial charge in [0.2, 0.25) is 0 Å². The van der Waals surface area contributed by atoms with Gasteiger partial charge in [0.05, 0.1) is 0 Å². The van der Waals surface area contributed by atoms with Gasteiger partial charge in [-0.2, -0.15) is 0 Å². The lowest BCUT2D eigenvalue weighted by Crippen LogP contribution is -2.29. The van der Waals surface area contributed by atoms with E-state index in [4.69, 9.17) is 17.3 Å². The molecule has 94 valence electrons. The number of hydrogen-bond donors (Lipinski definition) is 1. The van der Waals surface area contributed by atoms with Crippen molar-refractivity contribution >= 4 is 38.9 Å². The smallest absolute Gasteiger partial charge is 0.107 e. The Morgan fingerprint density at radius 3 is 2.76 bits per heavy atom. The van der Waals surface area contributed by atoms with Crippen LogP contribution in [0.15, 0.2) is 10.5 Å². The zero-order chi connectivity index (χ0) is 12.0. The normalized spacial score (nSPS) is 30.1. The van der Waals surface area contributed by atoms with E-state index in [9.17, 15) is 0 Å². The van der Waals surface area contributed by atoms with Crippen LogP contribution in [0.4, 0.5) is 0 Å². The number of thiophene rings is 1. The van der Waals surface area contributed by atoms with E-state index >= 15 is 0 Å². The van der Waals surface area contributed by atoms with Crippen LogP contribution in [0, 0.1) is 5.92 Å². The van der Waals surface area contributed by atoms with E-state index in [1.54, 1.807) is 11.3 Å². The minimum atomic E-state index is 0.501. The highest BCUT2D eigenvalue weighted by Gasteiger charge is 2.42. The number of hydrogen-bond acceptors (Lipinski definition) is 3. The summed E-state index contributed by atoms with van der Waals surface area (Å²) in [6.07, 6.45) is 3.94. The van der Waals surface area contributed by atoms with Crippen molar-refractivity contribution in [3.05, 3.63) is 19.8 Å². The quantitative estimate of drug-likeness (QED) is 0.913. The highest BCUT2D eigenvalue weighted by molar-refractivity contribution is 9.10. The second-order valence-corrected chi connectivity index (χ2v) is 7.51. The number of rotatable bonds is 3. The number of nitrogens with two attached hydrogens (primary N) is 1. The average molecular weight is 336 g/mol. The second kappa shape index (κ2) is 4.82. The summed E-state index contributed by atoms with van der Waals surface area (Å²) < 4.78 is 1.89. The average Bonchev–Trinajstić information content (AvgIpc) is 2.98. The highest BCUT2D eigenvalue weighted by atomic mass is 79.9. The van der Waals surface area contributed by atoms with Crippen LogP contribution < -0.4 is 5.73 Å². The van der Waals surface area contributed by atoms with Crippen molar-refractivity contribution in [3.8, 4) is 0 Å². The van der Waals surface area contributed by atoms with E-state index in [0.29, 0.717) is 12.0 Å². The predicted octanol–water partition coefficient (Wildman–Crippen LogP) is 3.65. The van der Waals surface area contributed by atoms with Crippen LogP contribution in [0.25, 0.3) is 0 Å². The molecule has 2 heterocycles. The maximum atomic E-state index is 6.16. The zero-order valence-corrected chi connectivity index (χ0v) is 12.7. The van der Waals surface area contributed by atoms with Crippen LogP contribution in [0.5, 0.6) is 0 Å². The summed E-state index contributed by atoms with van der Waals surface area (Å²) in [6.45, 7) is 1.98. The Bertz CT molecular complexity index is 399. The lowest BCUT2D eigenvalue weighted by Gasteiger charge is -2.26. The topological polar surface area (TPSA) is 29.3 Å². The third-order valence-corrected chi connectivity index (χ3v) is 6.38. The van der Waals surface area contributed by atoms with Crippen LogP contribution in [-0.4, -0.2) is 24.0 Å². The molecule has 2 unspecified atom stereocenters. The lowest BCUT2D eigenvalue weighted by atomic mass is 9.99. The maximum Gasteiger partial charge on any atom is 0.107 e. The van der Waals surface area contributed by atoms with Gasteiger partial charge in [-0.1, -0.05) is 11.6 Å². The summed E-state index contributed by atoms with van der Waals surface area (Å²) in [5.74, 6) is 0.595. The van der Waals surface area contributed by atoms with Gasteiger partial charge in [0.25, 0.3) is 0 Å². The van der Waals surface area contributed by atoms with Gasteiger partial charge in [0.15, 0.2) is 0 Å². The van der Waals surface area contributed by atoms with Crippen molar-refractivity contribution in [1.82, 2.24) is 4.90 Å². The first-order valence-electron chi connectivity index (χ1n) is 6.11. The second-order valence-electron chi connectivity index (χ2n) is 4.97. The van der Waals surface area contributed by atoms with E-state index in [1.807, 2.05) is 0 Å². The van der Waals surface area contributed by atoms with Gasteiger partial charge < -0.3 is 5.73 Å². The molecule has 2 fully saturated rings. The third-order valence-electron chi connectivity index (χ3n) is 3.84. The molecule has 2 nitrogen and oxygen atoms in total. The van der Waals surface area contributed by atoms with E-state index in [0.717, 1.165) is 21.4 Å². The summed E-state index contributed by atoms with van der Waals surface area (Å²) in [4.78, 5) is 4.02. The SMILES string of the molecule is NCC1CCN(C2CC2)C1c1cc(Br)c(Cl)s1. The summed E-state index contributed by atoms with van der Waals surface area (Å²) in [5, 5.41) is 0. The van der Waals surface area contributed by atoms with Crippen LogP contribution in [0.2, 0.25) is 4.34 Å². The fourth-order valence-electron chi connectivity index (χ4n) is 2.85. The molecule has 0 bridgehead atoms. The number of halogens is 2. The van der Waals surface area contributed by atoms with Crippen LogP contribution in [-0.2, 0) is 0 Å². The molecule has 1 aliphatic heterocycles. The first kappa shape index (κ1) is 12.4. The Labute approximate surface area is 119 Å². The first-order chi connectivity index (χ1) is 8.20. The van der Waals surface area contributed by atoms with Crippen molar-refractivity contribution in [2.45, 2.75) is 31.3 Å². The molecule has 1 saturated heterocycles. The Morgan fingerprint density at radius 2 is 2.24 bits per heavy atom. The zero-order valence-electron chi connectivity index (χ0n) is 9.53. The van der Waals surface area contributed by atoms with Crippen molar-refractivity contribution < 1.29 is 0 Å². The van der Waals surface area contributed by atoms with Gasteiger partial charge in [0, 0.05) is 21.4 Å². The molecule has 0 radical (unpaired) electrons. The van der Waals surface area contributed by atoms with Gasteiger partial charge in [-0.25, -0.2) is 0 Å². The minimum absolute atomic E-state index is 0.501. The predicted molar refractivity (Wildman–Crippen MR) is 76.7 cm³/mol. The van der Waals surface area contributed by atoms with Crippen LogP contribution in [0.1, 0.15) is 30.2 Å². The van der Waals surface area contributed by atoms with E-state index in [-0.39, 0.29) is 0 Å². The van der Waals surface area contributed by atoms with Crippen LogP contribution in [0.3, 0.4) is 0 Å². The van der Waals surface area contributed by atoms with E-state index < -0.39 is 0 Å². The molecular formula is C12H16BrClN2S. The van der Waals surface area contributed by atoms with Crippen molar-refractivity contribution in [2.24, 2.45) is 11.7 Å². The maximum absolute atomic E-state index is 6.16. The lowest BCUT2D eigenvalue weighted by molar-refractivity contribution is 0.224. The summed E-state index contributed by atoms with van der Waals surface area (Å²) in [5.41, 5.74) is 5.92. The molecule has 0 amide bonds. The molecule has 1 aromatic heterocycles. The van der Waals surface area contributed by atoms with Crippen molar-refractivity contribution in [1.29, 1.82) is 0 Å². The van der Waals surface area contributed by atoms with Gasteiger partial charge in [-0.3, -0.25) is 4.90 Å². The molecule has 17 heavy (non-hydrogen) atoms. The monoisotopic (exact) mass is 334 g/mol. The summed E-state index contributed by atoms with van der Waals surface area (Å²) >= 11 is 11.4. The first-order valence-corrected chi connectivity index (χ1v) is 8.10.